The highest BCUT2D eigenvalue weighted by atomic mass is 32.2. The molecule has 0 saturated heterocycles. The zero-order valence-electron chi connectivity index (χ0n) is 18.4. The van der Waals surface area contributed by atoms with Crippen LogP contribution in [0.5, 0.6) is 5.75 Å². The molecule has 1 saturated carbocycles. The minimum Gasteiger partial charge on any atom is -0.487 e. The Bertz CT molecular complexity index is 1010. The topological polar surface area (TPSA) is 83.9 Å². The molecule has 1 aliphatic carbocycles. The number of hydrogen-bond donors (Lipinski definition) is 1. The van der Waals surface area contributed by atoms with Crippen LogP contribution in [0.3, 0.4) is 0 Å². The smallest absolute Gasteiger partial charge is 0.335 e. The van der Waals surface area contributed by atoms with E-state index in [9.17, 15) is 13.2 Å². The molecule has 3 rings (SSSR count). The van der Waals surface area contributed by atoms with Gasteiger partial charge in [0, 0.05) is 6.04 Å². The standard InChI is InChI=1S/C24H31NO5S/c1-17(2)25(31(28,29)21-7-5-4-6-8-21)22-14-9-18(3)15-23(22)30-16-19-10-12-20(13-11-19)24(26)27/h9-15,17,21H,4-8,16H2,1-3H3,(H,26,27). The SMILES string of the molecule is Cc1ccc(N(C(C)C)S(=O)(=O)C2CCCCC2)c(OCc2ccc(C(=O)O)cc2)c1. The molecule has 0 aliphatic heterocycles. The fourth-order valence-corrected chi connectivity index (χ4v) is 6.32. The number of carbonyl (C=O) groups is 1. The van der Waals surface area contributed by atoms with Gasteiger partial charge in [0.1, 0.15) is 12.4 Å². The summed E-state index contributed by atoms with van der Waals surface area (Å²) in [4.78, 5) is 11.0. The van der Waals surface area contributed by atoms with E-state index in [4.69, 9.17) is 9.84 Å². The van der Waals surface area contributed by atoms with Crippen molar-refractivity contribution >= 4 is 21.7 Å². The number of anilines is 1. The fraction of sp³-hybridized carbons (Fsp3) is 0.458. The lowest BCUT2D eigenvalue weighted by molar-refractivity contribution is 0.0697. The average Bonchev–Trinajstić information content (AvgIpc) is 2.74. The number of aromatic carboxylic acids is 1. The van der Waals surface area contributed by atoms with Gasteiger partial charge in [-0.2, -0.15) is 0 Å². The lowest BCUT2D eigenvalue weighted by Crippen LogP contribution is -2.44. The maximum atomic E-state index is 13.6. The molecule has 0 amide bonds. The van der Waals surface area contributed by atoms with Gasteiger partial charge in [-0.15, -0.1) is 0 Å². The van der Waals surface area contributed by atoms with Crippen molar-refractivity contribution in [2.75, 3.05) is 4.31 Å². The van der Waals surface area contributed by atoms with Crippen molar-refractivity contribution < 1.29 is 23.1 Å². The Kier molecular flexibility index (Phi) is 7.26. The van der Waals surface area contributed by atoms with E-state index >= 15 is 0 Å². The van der Waals surface area contributed by atoms with Gasteiger partial charge in [-0.05, 0) is 69.0 Å². The summed E-state index contributed by atoms with van der Waals surface area (Å²) in [6, 6.07) is 11.8. The van der Waals surface area contributed by atoms with E-state index in [0.29, 0.717) is 24.3 Å². The number of rotatable bonds is 8. The van der Waals surface area contributed by atoms with E-state index in [0.717, 1.165) is 30.4 Å². The predicted octanol–water partition coefficient (Wildman–Crippen LogP) is 5.15. The van der Waals surface area contributed by atoms with Gasteiger partial charge in [0.15, 0.2) is 0 Å². The molecule has 0 atom stereocenters. The van der Waals surface area contributed by atoms with Gasteiger partial charge >= 0.3 is 5.97 Å². The summed E-state index contributed by atoms with van der Waals surface area (Å²) < 4.78 is 34.7. The maximum absolute atomic E-state index is 13.6. The van der Waals surface area contributed by atoms with Gasteiger partial charge in [-0.1, -0.05) is 37.5 Å². The lowest BCUT2D eigenvalue weighted by Gasteiger charge is -2.34. The van der Waals surface area contributed by atoms with Crippen molar-refractivity contribution in [2.45, 2.75) is 70.8 Å². The molecule has 1 N–H and O–H groups in total. The van der Waals surface area contributed by atoms with Crippen molar-refractivity contribution in [3.63, 3.8) is 0 Å². The number of ether oxygens (including phenoxy) is 1. The van der Waals surface area contributed by atoms with Crippen molar-refractivity contribution in [1.29, 1.82) is 0 Å². The molecule has 31 heavy (non-hydrogen) atoms. The highest BCUT2D eigenvalue weighted by molar-refractivity contribution is 7.93. The Hall–Kier alpha value is -2.54. The fourth-order valence-electron chi connectivity index (χ4n) is 4.06. The monoisotopic (exact) mass is 445 g/mol. The van der Waals surface area contributed by atoms with Gasteiger partial charge in [-0.3, -0.25) is 4.31 Å². The van der Waals surface area contributed by atoms with Crippen LogP contribution in [0.2, 0.25) is 0 Å². The Balaban J connectivity index is 1.90. The number of carboxylic acid groups (broad SMARTS) is 1. The largest absolute Gasteiger partial charge is 0.487 e. The van der Waals surface area contributed by atoms with E-state index in [1.54, 1.807) is 12.1 Å². The number of nitrogens with zero attached hydrogens (tertiary/aromatic N) is 1. The summed E-state index contributed by atoms with van der Waals surface area (Å²) in [5.74, 6) is -0.468. The number of hydrogen-bond acceptors (Lipinski definition) is 4. The highest BCUT2D eigenvalue weighted by Crippen LogP contribution is 2.37. The quantitative estimate of drug-likeness (QED) is 0.607. The van der Waals surface area contributed by atoms with Gasteiger partial charge in [0.2, 0.25) is 10.0 Å². The van der Waals surface area contributed by atoms with Gasteiger partial charge in [-0.25, -0.2) is 13.2 Å². The number of sulfonamides is 1. The third-order valence-electron chi connectivity index (χ3n) is 5.66. The van der Waals surface area contributed by atoms with Crippen LogP contribution in [-0.4, -0.2) is 30.8 Å². The first-order valence-electron chi connectivity index (χ1n) is 10.8. The Morgan fingerprint density at radius 1 is 1.10 bits per heavy atom. The molecule has 1 fully saturated rings. The first-order valence-corrected chi connectivity index (χ1v) is 12.3. The molecule has 0 bridgehead atoms. The van der Waals surface area contributed by atoms with E-state index in [2.05, 4.69) is 0 Å². The third kappa shape index (κ3) is 5.39. The van der Waals surface area contributed by atoms with Gasteiger partial charge < -0.3 is 9.84 Å². The molecule has 0 heterocycles. The van der Waals surface area contributed by atoms with Gasteiger partial charge in [0.25, 0.3) is 0 Å². The molecule has 0 unspecified atom stereocenters. The second-order valence-electron chi connectivity index (χ2n) is 8.46. The van der Waals surface area contributed by atoms with Crippen LogP contribution in [0.25, 0.3) is 0 Å². The van der Waals surface area contributed by atoms with Crippen molar-refractivity contribution in [2.24, 2.45) is 0 Å². The normalized spacial score (nSPS) is 15.1. The van der Waals surface area contributed by atoms with Gasteiger partial charge in [0.05, 0.1) is 16.5 Å². The average molecular weight is 446 g/mol. The summed E-state index contributed by atoms with van der Waals surface area (Å²) in [5, 5.41) is 8.69. The van der Waals surface area contributed by atoms with Crippen LogP contribution >= 0.6 is 0 Å². The van der Waals surface area contributed by atoms with Crippen LogP contribution in [0.15, 0.2) is 42.5 Å². The third-order valence-corrected chi connectivity index (χ3v) is 8.15. The lowest BCUT2D eigenvalue weighted by atomic mass is 10.0. The molecular weight excluding hydrogens is 414 g/mol. The van der Waals surface area contributed by atoms with Crippen LogP contribution in [0.1, 0.15) is 67.4 Å². The molecule has 1 aliphatic rings. The number of benzene rings is 2. The molecule has 168 valence electrons. The first-order chi connectivity index (χ1) is 14.7. The van der Waals surface area contributed by atoms with Crippen molar-refractivity contribution in [1.82, 2.24) is 0 Å². The van der Waals surface area contributed by atoms with Crippen LogP contribution < -0.4 is 9.04 Å². The molecule has 0 radical (unpaired) electrons. The maximum Gasteiger partial charge on any atom is 0.335 e. The Morgan fingerprint density at radius 2 is 1.74 bits per heavy atom. The molecule has 2 aromatic rings. The summed E-state index contributed by atoms with van der Waals surface area (Å²) in [6.45, 7) is 5.92. The van der Waals surface area contributed by atoms with E-state index in [1.807, 2.05) is 39.0 Å². The molecule has 6 nitrogen and oxygen atoms in total. The summed E-state index contributed by atoms with van der Waals surface area (Å²) in [5.41, 5.74) is 2.54. The second-order valence-corrected chi connectivity index (χ2v) is 10.5. The molecule has 0 spiro atoms. The number of carboxylic acids is 1. The molecular formula is C24H31NO5S. The summed E-state index contributed by atoms with van der Waals surface area (Å²) >= 11 is 0. The zero-order chi connectivity index (χ0) is 22.6. The van der Waals surface area contributed by atoms with E-state index in [1.165, 1.54) is 16.4 Å². The number of aryl methyl sites for hydroxylation is 1. The van der Waals surface area contributed by atoms with Crippen molar-refractivity contribution in [3.8, 4) is 5.75 Å². The minimum atomic E-state index is -3.52. The first kappa shape index (κ1) is 23.1. The Labute approximate surface area is 184 Å². The summed E-state index contributed by atoms with van der Waals surface area (Å²) in [7, 11) is -3.52. The zero-order valence-corrected chi connectivity index (χ0v) is 19.2. The molecule has 7 heteroatoms. The minimum absolute atomic E-state index is 0.213. The Morgan fingerprint density at radius 3 is 2.32 bits per heavy atom. The van der Waals surface area contributed by atoms with E-state index < -0.39 is 16.0 Å². The van der Waals surface area contributed by atoms with Crippen molar-refractivity contribution in [3.05, 3.63) is 59.2 Å². The van der Waals surface area contributed by atoms with Crippen LogP contribution in [0, 0.1) is 6.92 Å². The summed E-state index contributed by atoms with van der Waals surface area (Å²) in [6.07, 6.45) is 4.37. The van der Waals surface area contributed by atoms with Crippen LogP contribution in [0.4, 0.5) is 5.69 Å². The predicted molar refractivity (Wildman–Crippen MR) is 122 cm³/mol. The molecule has 0 aromatic heterocycles. The molecule has 2 aromatic carbocycles. The van der Waals surface area contributed by atoms with Crippen LogP contribution in [-0.2, 0) is 16.6 Å². The second kappa shape index (κ2) is 9.73. The highest BCUT2D eigenvalue weighted by Gasteiger charge is 2.36. The van der Waals surface area contributed by atoms with E-state index in [-0.39, 0.29) is 23.5 Å².